The second kappa shape index (κ2) is 10.1. The van der Waals surface area contributed by atoms with Crippen LogP contribution in [-0.4, -0.2) is 24.0 Å². The van der Waals surface area contributed by atoms with E-state index in [4.69, 9.17) is 34.3 Å². The van der Waals surface area contributed by atoms with E-state index in [2.05, 4.69) is 10.6 Å². The molecule has 0 aliphatic rings. The molecule has 0 aliphatic carbocycles. The van der Waals surface area contributed by atoms with Gasteiger partial charge in [-0.25, -0.2) is 0 Å². The predicted molar refractivity (Wildman–Crippen MR) is 144 cm³/mol. The highest BCUT2D eigenvalue weighted by Crippen LogP contribution is 2.37. The number of hydrogen-bond acceptors (Lipinski definition) is 6. The maximum Gasteiger partial charge on any atom is 0.269 e. The maximum absolute atomic E-state index is 12.9. The summed E-state index contributed by atoms with van der Waals surface area (Å²) in [6.45, 7) is 1.85. The van der Waals surface area contributed by atoms with Crippen LogP contribution in [0.3, 0.4) is 0 Å². The van der Waals surface area contributed by atoms with E-state index in [1.54, 1.807) is 13.2 Å². The molecule has 174 valence electrons. The van der Waals surface area contributed by atoms with Gasteiger partial charge in [0.1, 0.15) is 15.6 Å². The third-order valence-corrected chi connectivity index (χ3v) is 8.26. The number of rotatable bonds is 6. The number of thiocarbonyl (C=S) groups is 1. The molecule has 0 saturated heterocycles. The third-order valence-electron chi connectivity index (χ3n) is 5.20. The number of carbonyl (C=O) groups excluding carboxylic acids is 2. The molecule has 6 nitrogen and oxygen atoms in total. The summed E-state index contributed by atoms with van der Waals surface area (Å²) in [5.74, 6) is -0.333. The highest BCUT2D eigenvalue weighted by Gasteiger charge is 2.22. The Hall–Kier alpha value is -2.98. The number of nitrogens with two attached hydrogens (primary N) is 1. The van der Waals surface area contributed by atoms with Crippen LogP contribution in [0.2, 0.25) is 5.02 Å². The molecule has 0 bridgehead atoms. The zero-order chi connectivity index (χ0) is 24.4. The zero-order valence-corrected chi connectivity index (χ0v) is 21.4. The number of methoxy groups -OCH3 is 1. The highest BCUT2D eigenvalue weighted by molar-refractivity contribution is 7.80. The van der Waals surface area contributed by atoms with Gasteiger partial charge in [-0.1, -0.05) is 41.9 Å². The van der Waals surface area contributed by atoms with Crippen molar-refractivity contribution >= 4 is 78.5 Å². The molecule has 0 atom stereocenters. The standard InChI is InChI=1S/C24H20ClN3O3S3/c1-12-16(10-13-6-4-3-5-7-13)34-23(18(12)21(26)29)28-24(32)27-22(30)20-19(25)15-9-8-14(31-2)11-17(15)33-20/h3-9,11H,10H2,1-2H3,(H2,26,29)(H2,27,28,30,32). The first kappa shape index (κ1) is 24.2. The summed E-state index contributed by atoms with van der Waals surface area (Å²) >= 11 is 14.4. The van der Waals surface area contributed by atoms with E-state index in [0.29, 0.717) is 32.6 Å². The van der Waals surface area contributed by atoms with Crippen molar-refractivity contribution in [2.24, 2.45) is 5.73 Å². The Morgan fingerprint density at radius 3 is 2.56 bits per heavy atom. The lowest BCUT2D eigenvalue weighted by molar-refractivity contribution is 0.0979. The Balaban J connectivity index is 1.54. The number of anilines is 1. The molecule has 0 fully saturated rings. The Morgan fingerprint density at radius 1 is 1.15 bits per heavy atom. The molecular formula is C24H20ClN3O3S3. The minimum atomic E-state index is -0.564. The maximum atomic E-state index is 12.9. The number of carbonyl (C=O) groups is 2. The summed E-state index contributed by atoms with van der Waals surface area (Å²) in [6.07, 6.45) is 0.652. The van der Waals surface area contributed by atoms with Crippen LogP contribution in [0.4, 0.5) is 5.00 Å². The number of ether oxygens (including phenoxy) is 1. The third kappa shape index (κ3) is 4.92. The normalized spacial score (nSPS) is 10.8. The van der Waals surface area contributed by atoms with Crippen molar-refractivity contribution in [3.8, 4) is 5.75 Å². The van der Waals surface area contributed by atoms with E-state index in [1.807, 2.05) is 49.4 Å². The van der Waals surface area contributed by atoms with Crippen LogP contribution in [-0.2, 0) is 6.42 Å². The minimum absolute atomic E-state index is 0.0473. The molecule has 2 heterocycles. The van der Waals surface area contributed by atoms with Gasteiger partial charge in [-0.05, 0) is 48.5 Å². The Labute approximate surface area is 214 Å². The summed E-state index contributed by atoms with van der Waals surface area (Å²) in [5, 5.41) is 7.26. The summed E-state index contributed by atoms with van der Waals surface area (Å²) in [6, 6.07) is 15.3. The van der Waals surface area contributed by atoms with Crippen molar-refractivity contribution in [2.45, 2.75) is 13.3 Å². The molecule has 10 heteroatoms. The predicted octanol–water partition coefficient (Wildman–Crippen LogP) is 5.75. The molecule has 4 aromatic rings. The fourth-order valence-electron chi connectivity index (χ4n) is 3.51. The number of hydrogen-bond donors (Lipinski definition) is 3. The van der Waals surface area contributed by atoms with Gasteiger partial charge in [0, 0.05) is 21.4 Å². The van der Waals surface area contributed by atoms with Gasteiger partial charge < -0.3 is 15.8 Å². The van der Waals surface area contributed by atoms with Gasteiger partial charge in [0.2, 0.25) is 0 Å². The lowest BCUT2D eigenvalue weighted by atomic mass is 10.1. The quantitative estimate of drug-likeness (QED) is 0.276. The second-order valence-electron chi connectivity index (χ2n) is 7.40. The molecular weight excluding hydrogens is 510 g/mol. The van der Waals surface area contributed by atoms with Crippen molar-refractivity contribution in [2.75, 3.05) is 12.4 Å². The van der Waals surface area contributed by atoms with Crippen LogP contribution >= 0.6 is 46.5 Å². The number of benzene rings is 2. The van der Waals surface area contributed by atoms with Crippen LogP contribution in [0.5, 0.6) is 5.75 Å². The average molecular weight is 530 g/mol. The number of halogens is 1. The first-order chi connectivity index (χ1) is 16.3. The van der Waals surface area contributed by atoms with Crippen molar-refractivity contribution in [1.82, 2.24) is 5.32 Å². The molecule has 2 amide bonds. The van der Waals surface area contributed by atoms with Gasteiger partial charge in [-0.2, -0.15) is 0 Å². The van der Waals surface area contributed by atoms with Crippen LogP contribution in [0.15, 0.2) is 48.5 Å². The number of primary amides is 1. The fraction of sp³-hybridized carbons (Fsp3) is 0.125. The Kier molecular flexibility index (Phi) is 7.18. The van der Waals surface area contributed by atoms with E-state index >= 15 is 0 Å². The molecule has 0 spiro atoms. The Bertz CT molecular complexity index is 1410. The van der Waals surface area contributed by atoms with Gasteiger partial charge >= 0.3 is 0 Å². The van der Waals surface area contributed by atoms with Crippen molar-refractivity contribution in [1.29, 1.82) is 0 Å². The molecule has 0 unspecified atom stereocenters. The lowest BCUT2D eigenvalue weighted by Gasteiger charge is -2.09. The van der Waals surface area contributed by atoms with Crippen molar-refractivity contribution in [3.63, 3.8) is 0 Å². The van der Waals surface area contributed by atoms with Gasteiger partial charge in [0.05, 0.1) is 17.7 Å². The summed E-state index contributed by atoms with van der Waals surface area (Å²) in [4.78, 5) is 26.4. The van der Waals surface area contributed by atoms with Crippen LogP contribution in [0.1, 0.15) is 36.0 Å². The van der Waals surface area contributed by atoms with Gasteiger partial charge in [0.15, 0.2) is 5.11 Å². The molecule has 0 saturated carbocycles. The number of amides is 2. The van der Waals surface area contributed by atoms with E-state index in [9.17, 15) is 9.59 Å². The van der Waals surface area contributed by atoms with Crippen molar-refractivity contribution in [3.05, 3.63) is 80.0 Å². The van der Waals surface area contributed by atoms with E-state index in [-0.39, 0.29) is 5.11 Å². The molecule has 34 heavy (non-hydrogen) atoms. The number of nitrogens with one attached hydrogen (secondary N) is 2. The molecule has 0 radical (unpaired) electrons. The van der Waals surface area contributed by atoms with E-state index < -0.39 is 11.8 Å². The number of thiophene rings is 2. The zero-order valence-electron chi connectivity index (χ0n) is 18.2. The molecule has 0 aliphatic heterocycles. The second-order valence-corrected chi connectivity index (χ2v) is 10.3. The van der Waals surface area contributed by atoms with Crippen molar-refractivity contribution < 1.29 is 14.3 Å². The van der Waals surface area contributed by atoms with Crippen LogP contribution < -0.4 is 21.1 Å². The van der Waals surface area contributed by atoms with Gasteiger partial charge in [-0.15, -0.1) is 22.7 Å². The van der Waals surface area contributed by atoms with Gasteiger partial charge in [-0.3, -0.25) is 14.9 Å². The molecule has 4 rings (SSSR count). The SMILES string of the molecule is COc1ccc2c(Cl)c(C(=O)NC(=S)Nc3sc(Cc4ccccc4)c(C)c3C(N)=O)sc2c1. The molecule has 2 aromatic carbocycles. The fourth-order valence-corrected chi connectivity index (χ4v) is 6.46. The topological polar surface area (TPSA) is 93.4 Å². The van der Waals surface area contributed by atoms with Crippen LogP contribution in [0, 0.1) is 6.92 Å². The molecule has 4 N–H and O–H groups in total. The van der Waals surface area contributed by atoms with E-state index in [0.717, 1.165) is 26.1 Å². The first-order valence-electron chi connectivity index (χ1n) is 10.1. The minimum Gasteiger partial charge on any atom is -0.497 e. The highest BCUT2D eigenvalue weighted by atomic mass is 35.5. The van der Waals surface area contributed by atoms with Crippen LogP contribution in [0.25, 0.3) is 10.1 Å². The summed E-state index contributed by atoms with van der Waals surface area (Å²) < 4.78 is 6.06. The van der Waals surface area contributed by atoms with E-state index in [1.165, 1.54) is 22.7 Å². The first-order valence-corrected chi connectivity index (χ1v) is 12.5. The summed E-state index contributed by atoms with van der Waals surface area (Å²) in [7, 11) is 1.58. The average Bonchev–Trinajstić information content (AvgIpc) is 3.30. The largest absolute Gasteiger partial charge is 0.497 e. The Morgan fingerprint density at radius 2 is 1.88 bits per heavy atom. The van der Waals surface area contributed by atoms with Gasteiger partial charge in [0.25, 0.3) is 11.8 Å². The number of fused-ring (bicyclic) bond motifs is 1. The monoisotopic (exact) mass is 529 g/mol. The lowest BCUT2D eigenvalue weighted by Crippen LogP contribution is -2.34. The summed E-state index contributed by atoms with van der Waals surface area (Å²) in [5.41, 5.74) is 7.91. The smallest absolute Gasteiger partial charge is 0.269 e. The molecule has 2 aromatic heterocycles.